The maximum Gasteiger partial charge on any atom is 0.243 e. The summed E-state index contributed by atoms with van der Waals surface area (Å²) in [5, 5.41) is 15.9. The molecular formula is C36H48N8O5. The maximum absolute atomic E-state index is 13.6. The lowest BCUT2D eigenvalue weighted by Gasteiger charge is -2.25. The molecule has 5 amide bonds. The first-order chi connectivity index (χ1) is 23.4. The molecule has 3 atom stereocenters. The van der Waals surface area contributed by atoms with Gasteiger partial charge < -0.3 is 26.2 Å². The number of carbonyl (C=O) groups is 5. The summed E-state index contributed by atoms with van der Waals surface area (Å²) >= 11 is 0. The van der Waals surface area contributed by atoms with Crippen LogP contribution in [0.3, 0.4) is 0 Å². The zero-order chi connectivity index (χ0) is 35.5. The summed E-state index contributed by atoms with van der Waals surface area (Å²) in [6.07, 6.45) is 1.45. The second kappa shape index (κ2) is 17.4. The van der Waals surface area contributed by atoms with Crippen molar-refractivity contribution < 1.29 is 24.0 Å². The molecule has 1 aliphatic heterocycles. The number of amides is 5. The molecule has 0 saturated heterocycles. The van der Waals surface area contributed by atoms with Gasteiger partial charge in [0.05, 0.1) is 12.6 Å². The molecule has 1 aliphatic rings. The van der Waals surface area contributed by atoms with Crippen molar-refractivity contribution in [1.29, 1.82) is 0 Å². The Labute approximate surface area is 287 Å². The first kappa shape index (κ1) is 36.8. The van der Waals surface area contributed by atoms with Crippen LogP contribution < -0.4 is 21.3 Å². The molecule has 1 aromatic heterocycles. The molecule has 0 fully saturated rings. The summed E-state index contributed by atoms with van der Waals surface area (Å²) in [6, 6.07) is 14.7. The normalized spacial score (nSPS) is 20.2. The molecule has 13 nitrogen and oxygen atoms in total. The summed E-state index contributed by atoms with van der Waals surface area (Å²) in [5.74, 6) is -1.15. The number of carbonyl (C=O) groups excluding carboxylic acids is 5. The van der Waals surface area contributed by atoms with E-state index in [4.69, 9.17) is 0 Å². The van der Waals surface area contributed by atoms with Crippen LogP contribution >= 0.6 is 0 Å². The van der Waals surface area contributed by atoms with Gasteiger partial charge >= 0.3 is 0 Å². The third-order valence-corrected chi connectivity index (χ3v) is 8.24. The highest BCUT2D eigenvalue weighted by Crippen LogP contribution is 2.19. The van der Waals surface area contributed by atoms with Crippen LogP contribution in [0.2, 0.25) is 0 Å². The summed E-state index contributed by atoms with van der Waals surface area (Å²) in [6.45, 7) is 9.22. The van der Waals surface area contributed by atoms with Crippen LogP contribution in [0.1, 0.15) is 70.0 Å². The molecule has 0 aliphatic carbocycles. The molecule has 0 bridgehead atoms. The summed E-state index contributed by atoms with van der Waals surface area (Å²) in [7, 11) is 0. The number of aromatic nitrogens is 3. The first-order valence-electron chi connectivity index (χ1n) is 16.9. The third-order valence-electron chi connectivity index (χ3n) is 8.24. The quantitative estimate of drug-likeness (QED) is 0.312. The van der Waals surface area contributed by atoms with Crippen LogP contribution in [-0.2, 0) is 36.9 Å². The summed E-state index contributed by atoms with van der Waals surface area (Å²) in [5.41, 5.74) is 2.89. The van der Waals surface area contributed by atoms with Gasteiger partial charge in [0.2, 0.25) is 29.5 Å². The molecule has 0 unspecified atom stereocenters. The average Bonchev–Trinajstić information content (AvgIpc) is 3.48. The minimum atomic E-state index is -0.963. The monoisotopic (exact) mass is 672 g/mol. The predicted molar refractivity (Wildman–Crippen MR) is 185 cm³/mol. The predicted octanol–water partition coefficient (Wildman–Crippen LogP) is 2.45. The van der Waals surface area contributed by atoms with Crippen molar-refractivity contribution in [1.82, 2.24) is 40.9 Å². The van der Waals surface area contributed by atoms with E-state index in [9.17, 15) is 24.0 Å². The van der Waals surface area contributed by atoms with Crippen LogP contribution in [0.15, 0.2) is 54.6 Å². The highest BCUT2D eigenvalue weighted by atomic mass is 16.2. The molecule has 2 aromatic carbocycles. The van der Waals surface area contributed by atoms with E-state index in [1.165, 1.54) is 16.5 Å². The fourth-order valence-corrected chi connectivity index (χ4v) is 5.55. The third kappa shape index (κ3) is 11.0. The largest absolute Gasteiger partial charge is 0.354 e. The number of nitrogens with one attached hydrogen (secondary N) is 4. The Bertz CT molecular complexity index is 1610. The number of hydrogen-bond acceptors (Lipinski definition) is 7. The zero-order valence-corrected chi connectivity index (χ0v) is 29.0. The van der Waals surface area contributed by atoms with Crippen molar-refractivity contribution in [3.8, 4) is 11.4 Å². The van der Waals surface area contributed by atoms with Crippen molar-refractivity contribution >= 4 is 29.5 Å². The SMILES string of the molecule is Cc1ccc(CCC(=O)N2CCCNC(=O)Cn3nc(-c4ccccc4)nc3[C@H](C)NC(=O)[C@@H](CC(C)C)NC(=O)[C@@H](C)NC(=O)C2)cc1. The smallest absolute Gasteiger partial charge is 0.243 e. The molecule has 262 valence electrons. The Morgan fingerprint density at radius 1 is 0.878 bits per heavy atom. The Kier molecular flexibility index (Phi) is 13.0. The van der Waals surface area contributed by atoms with Gasteiger partial charge in [-0.2, -0.15) is 5.10 Å². The van der Waals surface area contributed by atoms with E-state index in [2.05, 4.69) is 31.3 Å². The minimum Gasteiger partial charge on any atom is -0.354 e. The fourth-order valence-electron chi connectivity index (χ4n) is 5.55. The van der Waals surface area contributed by atoms with Gasteiger partial charge in [-0.15, -0.1) is 0 Å². The van der Waals surface area contributed by atoms with Crippen molar-refractivity contribution in [3.63, 3.8) is 0 Å². The molecule has 0 spiro atoms. The first-order valence-corrected chi connectivity index (χ1v) is 16.9. The average molecular weight is 673 g/mol. The summed E-state index contributed by atoms with van der Waals surface area (Å²) in [4.78, 5) is 72.5. The van der Waals surface area contributed by atoms with E-state index in [1.807, 2.05) is 75.4 Å². The van der Waals surface area contributed by atoms with Crippen LogP contribution in [0.25, 0.3) is 11.4 Å². The molecular weight excluding hydrogens is 624 g/mol. The van der Waals surface area contributed by atoms with Gasteiger partial charge in [0.25, 0.3) is 0 Å². The lowest BCUT2D eigenvalue weighted by molar-refractivity contribution is -0.137. The Balaban J connectivity index is 1.57. The van der Waals surface area contributed by atoms with Gasteiger partial charge in [-0.3, -0.25) is 24.0 Å². The number of rotatable bonds is 6. The van der Waals surface area contributed by atoms with Gasteiger partial charge in [-0.25, -0.2) is 9.67 Å². The van der Waals surface area contributed by atoms with E-state index in [1.54, 1.807) is 6.92 Å². The van der Waals surface area contributed by atoms with Crippen LogP contribution in [0.5, 0.6) is 0 Å². The van der Waals surface area contributed by atoms with Gasteiger partial charge in [0.1, 0.15) is 24.5 Å². The summed E-state index contributed by atoms with van der Waals surface area (Å²) < 4.78 is 1.47. The molecule has 0 radical (unpaired) electrons. The van der Waals surface area contributed by atoms with E-state index in [-0.39, 0.29) is 50.3 Å². The van der Waals surface area contributed by atoms with Crippen LogP contribution in [0.4, 0.5) is 0 Å². The van der Waals surface area contributed by atoms with Crippen molar-refractivity contribution in [3.05, 3.63) is 71.5 Å². The van der Waals surface area contributed by atoms with Crippen molar-refractivity contribution in [2.24, 2.45) is 5.92 Å². The number of nitrogens with zero attached hydrogens (tertiary/aromatic N) is 4. The Hall–Kier alpha value is -5.07. The molecule has 13 heteroatoms. The van der Waals surface area contributed by atoms with E-state index < -0.39 is 35.8 Å². The second-order valence-electron chi connectivity index (χ2n) is 13.0. The Morgan fingerprint density at radius 3 is 2.29 bits per heavy atom. The van der Waals surface area contributed by atoms with E-state index in [0.717, 1.165) is 16.7 Å². The minimum absolute atomic E-state index is 0.0642. The van der Waals surface area contributed by atoms with Crippen LogP contribution in [0, 0.1) is 12.8 Å². The molecule has 0 saturated carbocycles. The molecule has 3 aromatic rings. The molecule has 2 heterocycles. The topological polar surface area (TPSA) is 167 Å². The fraction of sp³-hybridized carbons (Fsp3) is 0.472. The lowest BCUT2D eigenvalue weighted by atomic mass is 10.0. The van der Waals surface area contributed by atoms with Gasteiger partial charge in [-0.05, 0) is 51.5 Å². The Morgan fingerprint density at radius 2 is 1.59 bits per heavy atom. The van der Waals surface area contributed by atoms with Crippen molar-refractivity contribution in [2.75, 3.05) is 19.6 Å². The van der Waals surface area contributed by atoms with Gasteiger partial charge in [-0.1, -0.05) is 74.0 Å². The lowest BCUT2D eigenvalue weighted by Crippen LogP contribution is -2.54. The highest BCUT2D eigenvalue weighted by Gasteiger charge is 2.29. The standard InChI is InChI=1S/C36H48N8O5/c1-23(2)20-29-36(49)39-25(4)34-41-33(28-10-7-6-8-11-28)42-44(34)22-30(45)37-18-9-19-43(21-31(46)38-26(5)35(48)40-29)32(47)17-16-27-14-12-24(3)13-15-27/h6-8,10-15,23,25-26,29H,9,16-22H2,1-5H3,(H,37,45)(H,38,46)(H,39,49)(H,40,48)/t25-,26+,29+/m0/s1. The number of fused-ring (bicyclic) bond motifs is 1. The molecule has 4 rings (SSSR count). The zero-order valence-electron chi connectivity index (χ0n) is 29.0. The number of benzene rings is 2. The number of hydrogen-bond donors (Lipinski definition) is 4. The maximum atomic E-state index is 13.6. The molecule has 49 heavy (non-hydrogen) atoms. The van der Waals surface area contributed by atoms with Crippen molar-refractivity contribution in [2.45, 2.75) is 85.0 Å². The van der Waals surface area contributed by atoms with Gasteiger partial charge in [0.15, 0.2) is 5.82 Å². The van der Waals surface area contributed by atoms with E-state index >= 15 is 0 Å². The molecule has 4 N–H and O–H groups in total. The van der Waals surface area contributed by atoms with Gasteiger partial charge in [0, 0.05) is 25.1 Å². The van der Waals surface area contributed by atoms with Crippen LogP contribution in [-0.4, -0.2) is 80.9 Å². The second-order valence-corrected chi connectivity index (χ2v) is 13.0. The number of aryl methyl sites for hydroxylation is 2. The van der Waals surface area contributed by atoms with E-state index in [0.29, 0.717) is 30.9 Å². The highest BCUT2D eigenvalue weighted by molar-refractivity contribution is 5.93.